The van der Waals surface area contributed by atoms with Crippen molar-refractivity contribution in [2.24, 2.45) is 17.3 Å². The minimum Gasteiger partial charge on any atom is -0.390 e. The summed E-state index contributed by atoms with van der Waals surface area (Å²) in [4.78, 5) is 26.5. The third-order valence-electron chi connectivity index (χ3n) is 7.98. The van der Waals surface area contributed by atoms with E-state index in [1.165, 1.54) is 18.2 Å². The zero-order valence-electron chi connectivity index (χ0n) is 17.8. The molecule has 3 N–H and O–H groups in total. The van der Waals surface area contributed by atoms with Gasteiger partial charge in [-0.1, -0.05) is 27.5 Å². The first kappa shape index (κ1) is 21.6. The van der Waals surface area contributed by atoms with Gasteiger partial charge in [0.15, 0.2) is 0 Å². The number of halogens is 3. The van der Waals surface area contributed by atoms with Crippen LogP contribution in [0.15, 0.2) is 34.8 Å². The number of aliphatic hydroxyl groups is 1. The highest BCUT2D eigenvalue weighted by Crippen LogP contribution is 2.62. The van der Waals surface area contributed by atoms with Crippen molar-refractivity contribution >= 4 is 45.0 Å². The number of anilines is 1. The molecule has 5 aliphatic rings. The average Bonchev–Trinajstić information content (AvgIpc) is 3.04. The molecule has 0 spiro atoms. The van der Waals surface area contributed by atoms with E-state index in [4.69, 9.17) is 11.6 Å². The predicted molar refractivity (Wildman–Crippen MR) is 126 cm³/mol. The number of hydrogen-bond acceptors (Lipinski definition) is 3. The molecule has 2 aromatic rings. The van der Waals surface area contributed by atoms with Crippen LogP contribution in [0.4, 0.5) is 10.1 Å². The Bertz CT molecular complexity index is 1200. The fraction of sp³-hybridized carbons (Fsp3) is 0.440. The molecule has 4 saturated carbocycles. The maximum atomic E-state index is 14.0. The zero-order chi connectivity index (χ0) is 23.1. The maximum Gasteiger partial charge on any atom is 0.252 e. The number of amides is 2. The second-order valence-electron chi connectivity index (χ2n) is 10.4. The van der Waals surface area contributed by atoms with Crippen molar-refractivity contribution < 1.29 is 19.1 Å². The molecule has 1 aliphatic heterocycles. The highest BCUT2D eigenvalue weighted by molar-refractivity contribution is 9.10. The van der Waals surface area contributed by atoms with E-state index < -0.39 is 22.9 Å². The lowest BCUT2D eigenvalue weighted by Gasteiger charge is -2.59. The Morgan fingerprint density at radius 2 is 1.91 bits per heavy atom. The zero-order valence-corrected chi connectivity index (χ0v) is 20.1. The molecule has 1 heterocycles. The van der Waals surface area contributed by atoms with Crippen LogP contribution in [0.3, 0.4) is 0 Å². The van der Waals surface area contributed by atoms with E-state index in [0.717, 1.165) is 32.1 Å². The summed E-state index contributed by atoms with van der Waals surface area (Å²) in [6.07, 6.45) is 4.69. The number of hydrogen-bond donors (Lipinski definition) is 3. The van der Waals surface area contributed by atoms with Crippen LogP contribution in [-0.2, 0) is 4.79 Å². The molecule has 0 aromatic heterocycles. The van der Waals surface area contributed by atoms with Crippen LogP contribution in [0.5, 0.6) is 0 Å². The SMILES string of the molecule is O=C1NC(c2cc(F)ccc2Cl)c2c(NC(=O)C34CC5CC(CC(O)(C5)C3)C4)cc(Br)cc21. The summed E-state index contributed by atoms with van der Waals surface area (Å²) >= 11 is 9.81. The van der Waals surface area contributed by atoms with Gasteiger partial charge in [-0.3, -0.25) is 9.59 Å². The molecule has 0 saturated heterocycles. The van der Waals surface area contributed by atoms with E-state index in [1.54, 1.807) is 12.1 Å². The molecule has 2 aromatic carbocycles. The number of fused-ring (bicyclic) bond motifs is 1. The van der Waals surface area contributed by atoms with Crippen molar-refractivity contribution in [3.8, 4) is 0 Å². The van der Waals surface area contributed by atoms with Crippen LogP contribution in [0.2, 0.25) is 5.02 Å². The van der Waals surface area contributed by atoms with Crippen LogP contribution in [0.1, 0.15) is 66.1 Å². The highest BCUT2D eigenvalue weighted by Gasteiger charge is 2.60. The fourth-order valence-electron chi connectivity index (χ4n) is 7.21. The van der Waals surface area contributed by atoms with Crippen LogP contribution < -0.4 is 10.6 Å². The molecular formula is C25H23BrClFN2O3. The first-order valence-corrected chi connectivity index (χ1v) is 12.4. The minimum absolute atomic E-state index is 0.112. The Labute approximate surface area is 204 Å². The van der Waals surface area contributed by atoms with Gasteiger partial charge in [0.1, 0.15) is 5.82 Å². The minimum atomic E-state index is -0.754. The third-order valence-corrected chi connectivity index (χ3v) is 8.78. The summed E-state index contributed by atoms with van der Waals surface area (Å²) in [5, 5.41) is 17.4. The van der Waals surface area contributed by atoms with Crippen LogP contribution in [0, 0.1) is 23.1 Å². The van der Waals surface area contributed by atoms with E-state index in [-0.39, 0.29) is 11.8 Å². The van der Waals surface area contributed by atoms with E-state index >= 15 is 0 Å². The first-order chi connectivity index (χ1) is 15.6. The summed E-state index contributed by atoms with van der Waals surface area (Å²) in [5.74, 6) is -0.133. The van der Waals surface area contributed by atoms with Gasteiger partial charge >= 0.3 is 0 Å². The molecule has 0 radical (unpaired) electrons. The van der Waals surface area contributed by atoms with Gasteiger partial charge in [0.25, 0.3) is 5.91 Å². The lowest BCUT2D eigenvalue weighted by atomic mass is 9.47. The lowest BCUT2D eigenvalue weighted by molar-refractivity contribution is -0.174. The van der Waals surface area contributed by atoms with Crippen molar-refractivity contribution in [2.75, 3.05) is 5.32 Å². The number of rotatable bonds is 3. The third kappa shape index (κ3) is 3.43. The number of nitrogens with one attached hydrogen (secondary N) is 2. The topological polar surface area (TPSA) is 78.4 Å². The Kier molecular flexibility index (Phi) is 4.75. The molecule has 2 amide bonds. The molecule has 4 aliphatic carbocycles. The molecular weight excluding hydrogens is 511 g/mol. The van der Waals surface area contributed by atoms with E-state index in [2.05, 4.69) is 26.6 Å². The maximum absolute atomic E-state index is 14.0. The van der Waals surface area contributed by atoms with Crippen molar-refractivity contribution in [1.82, 2.24) is 5.32 Å². The number of carbonyl (C=O) groups is 2. The standard InChI is InChI=1S/C25H23BrClFN2O3/c26-14-4-17-20(21(30-22(17)31)16-6-15(28)1-2-18(16)27)19(5-14)29-23(32)24-7-12-3-13(8-24)10-25(33,9-12)11-24/h1-2,4-6,12-13,21,33H,3,7-11H2,(H,29,32)(H,30,31). The Balaban J connectivity index is 1.40. The van der Waals surface area contributed by atoms with Crippen LogP contribution in [-0.4, -0.2) is 22.5 Å². The molecule has 3 unspecified atom stereocenters. The van der Waals surface area contributed by atoms with Gasteiger partial charge in [-0.25, -0.2) is 4.39 Å². The Hall–Kier alpha value is -1.96. The number of carbonyl (C=O) groups excluding carboxylic acids is 2. The van der Waals surface area contributed by atoms with E-state index in [1.807, 2.05) is 0 Å². The van der Waals surface area contributed by atoms with Crippen molar-refractivity contribution in [1.29, 1.82) is 0 Å². The molecule has 4 fully saturated rings. The predicted octanol–water partition coefficient (Wildman–Crippen LogP) is 5.34. The summed E-state index contributed by atoms with van der Waals surface area (Å²) in [6, 6.07) is 6.83. The van der Waals surface area contributed by atoms with Crippen LogP contribution in [0.25, 0.3) is 0 Å². The quantitative estimate of drug-likeness (QED) is 0.498. The number of benzene rings is 2. The summed E-state index contributed by atoms with van der Waals surface area (Å²) in [5.41, 5.74) is 0.564. The first-order valence-electron chi connectivity index (χ1n) is 11.3. The van der Waals surface area contributed by atoms with Gasteiger partial charge in [-0.2, -0.15) is 0 Å². The molecule has 3 atom stereocenters. The average molecular weight is 534 g/mol. The molecule has 33 heavy (non-hydrogen) atoms. The lowest BCUT2D eigenvalue weighted by Crippen LogP contribution is -2.59. The molecule has 4 bridgehead atoms. The Morgan fingerprint density at radius 3 is 2.61 bits per heavy atom. The van der Waals surface area contributed by atoms with Gasteiger partial charge in [0, 0.05) is 31.9 Å². The molecule has 5 nitrogen and oxygen atoms in total. The van der Waals surface area contributed by atoms with Crippen molar-refractivity contribution in [3.05, 3.63) is 62.3 Å². The monoisotopic (exact) mass is 532 g/mol. The fourth-order valence-corrected chi connectivity index (χ4v) is 7.89. The second kappa shape index (κ2) is 7.27. The molecule has 8 heteroatoms. The van der Waals surface area contributed by atoms with Gasteiger partial charge in [-0.05, 0) is 80.7 Å². The van der Waals surface area contributed by atoms with Crippen molar-refractivity contribution in [2.45, 2.75) is 50.2 Å². The molecule has 7 rings (SSSR count). The highest BCUT2D eigenvalue weighted by atomic mass is 79.9. The van der Waals surface area contributed by atoms with Crippen LogP contribution >= 0.6 is 27.5 Å². The smallest absolute Gasteiger partial charge is 0.252 e. The van der Waals surface area contributed by atoms with Crippen molar-refractivity contribution in [3.63, 3.8) is 0 Å². The van der Waals surface area contributed by atoms with Gasteiger partial charge in [-0.15, -0.1) is 0 Å². The van der Waals surface area contributed by atoms with Gasteiger partial charge < -0.3 is 15.7 Å². The second-order valence-corrected chi connectivity index (χ2v) is 11.7. The van der Waals surface area contributed by atoms with E-state index in [0.29, 0.717) is 50.1 Å². The Morgan fingerprint density at radius 1 is 1.18 bits per heavy atom. The summed E-state index contributed by atoms with van der Waals surface area (Å²) in [7, 11) is 0. The summed E-state index contributed by atoms with van der Waals surface area (Å²) < 4.78 is 14.7. The largest absolute Gasteiger partial charge is 0.390 e. The normalized spacial score (nSPS) is 33.7. The summed E-state index contributed by atoms with van der Waals surface area (Å²) in [6.45, 7) is 0. The van der Waals surface area contributed by atoms with Gasteiger partial charge in [0.2, 0.25) is 5.91 Å². The van der Waals surface area contributed by atoms with E-state index in [9.17, 15) is 19.1 Å². The van der Waals surface area contributed by atoms with Gasteiger partial charge in [0.05, 0.1) is 17.1 Å². The molecule has 172 valence electrons.